The van der Waals surface area contributed by atoms with Gasteiger partial charge in [0.05, 0.1) is 6.10 Å². The molecule has 1 aliphatic heterocycles. The van der Waals surface area contributed by atoms with Crippen LogP contribution < -0.4 is 4.90 Å². The highest BCUT2D eigenvalue weighted by Gasteiger charge is 2.18. The molecule has 0 aromatic heterocycles. The van der Waals surface area contributed by atoms with Crippen molar-refractivity contribution in [2.75, 3.05) is 18.0 Å². The fourth-order valence-electron chi connectivity index (χ4n) is 2.08. The Bertz CT molecular complexity index is 345. The molecule has 1 aliphatic rings. The predicted molar refractivity (Wildman–Crippen MR) is 66.3 cm³/mol. The number of hydrogen-bond acceptors (Lipinski definition) is 2. The van der Waals surface area contributed by atoms with Crippen LogP contribution in [0.15, 0.2) is 22.7 Å². The number of aryl methyl sites for hydroxylation is 1. The summed E-state index contributed by atoms with van der Waals surface area (Å²) in [6, 6.07) is 6.37. The Hall–Kier alpha value is -0.540. The van der Waals surface area contributed by atoms with Crippen molar-refractivity contribution < 1.29 is 5.11 Å². The van der Waals surface area contributed by atoms with Gasteiger partial charge in [-0.2, -0.15) is 0 Å². The molecule has 82 valence electrons. The molecule has 0 radical (unpaired) electrons. The zero-order valence-corrected chi connectivity index (χ0v) is 10.5. The van der Waals surface area contributed by atoms with Crippen LogP contribution in [0.2, 0.25) is 0 Å². The first-order valence-electron chi connectivity index (χ1n) is 5.36. The summed E-state index contributed by atoms with van der Waals surface area (Å²) < 4.78 is 1.13. The minimum atomic E-state index is -0.1000. The van der Waals surface area contributed by atoms with Crippen molar-refractivity contribution in [2.24, 2.45) is 0 Å². The van der Waals surface area contributed by atoms with Crippen LogP contribution in [0.25, 0.3) is 0 Å². The summed E-state index contributed by atoms with van der Waals surface area (Å²) in [7, 11) is 0. The largest absolute Gasteiger partial charge is 0.393 e. The molecule has 1 aromatic rings. The molecule has 2 rings (SSSR count). The molecule has 3 heteroatoms. The van der Waals surface area contributed by atoms with Gasteiger partial charge < -0.3 is 10.0 Å². The van der Waals surface area contributed by atoms with Crippen molar-refractivity contribution in [3.05, 3.63) is 28.2 Å². The maximum absolute atomic E-state index is 9.45. The molecular weight excluding hydrogens is 254 g/mol. The van der Waals surface area contributed by atoms with E-state index < -0.39 is 0 Å². The maximum atomic E-state index is 9.45. The molecule has 1 N–H and O–H groups in total. The molecule has 0 amide bonds. The monoisotopic (exact) mass is 269 g/mol. The summed E-state index contributed by atoms with van der Waals surface area (Å²) in [5, 5.41) is 9.45. The van der Waals surface area contributed by atoms with Crippen LogP contribution in [-0.4, -0.2) is 24.3 Å². The Morgan fingerprint density at radius 3 is 2.60 bits per heavy atom. The lowest BCUT2D eigenvalue weighted by Gasteiger charge is -2.32. The van der Waals surface area contributed by atoms with Gasteiger partial charge in [-0.1, -0.05) is 15.9 Å². The fourth-order valence-corrected chi connectivity index (χ4v) is 2.56. The van der Waals surface area contributed by atoms with E-state index in [2.05, 4.69) is 46.0 Å². The van der Waals surface area contributed by atoms with E-state index in [1.807, 2.05) is 0 Å². The first kappa shape index (κ1) is 11.0. The van der Waals surface area contributed by atoms with Crippen LogP contribution >= 0.6 is 15.9 Å². The summed E-state index contributed by atoms with van der Waals surface area (Å²) in [6.45, 7) is 4.05. The molecule has 0 aliphatic carbocycles. The van der Waals surface area contributed by atoms with Crippen molar-refractivity contribution in [3.63, 3.8) is 0 Å². The Balaban J connectivity index is 2.15. The van der Waals surface area contributed by atoms with Gasteiger partial charge in [-0.15, -0.1) is 0 Å². The van der Waals surface area contributed by atoms with E-state index in [9.17, 15) is 5.11 Å². The molecular formula is C12H16BrNO. The summed E-state index contributed by atoms with van der Waals surface area (Å²) in [5.41, 5.74) is 2.59. The average Bonchev–Trinajstić information content (AvgIpc) is 2.20. The summed E-state index contributed by atoms with van der Waals surface area (Å²) in [5.74, 6) is 0. The first-order valence-corrected chi connectivity index (χ1v) is 6.15. The molecule has 0 unspecified atom stereocenters. The number of aliphatic hydroxyl groups excluding tert-OH is 1. The van der Waals surface area contributed by atoms with Crippen LogP contribution in [0.1, 0.15) is 18.4 Å². The van der Waals surface area contributed by atoms with Crippen molar-refractivity contribution in [1.29, 1.82) is 0 Å². The number of hydrogen-bond donors (Lipinski definition) is 1. The van der Waals surface area contributed by atoms with Gasteiger partial charge in [0, 0.05) is 23.2 Å². The summed E-state index contributed by atoms with van der Waals surface area (Å²) in [6.07, 6.45) is 1.67. The Morgan fingerprint density at radius 2 is 2.00 bits per heavy atom. The van der Waals surface area contributed by atoms with Gasteiger partial charge in [0.25, 0.3) is 0 Å². The van der Waals surface area contributed by atoms with Crippen molar-refractivity contribution >= 4 is 21.6 Å². The summed E-state index contributed by atoms with van der Waals surface area (Å²) in [4.78, 5) is 2.36. The van der Waals surface area contributed by atoms with Crippen molar-refractivity contribution in [1.82, 2.24) is 0 Å². The number of halogens is 1. The van der Waals surface area contributed by atoms with Gasteiger partial charge in [-0.3, -0.25) is 0 Å². The Labute approximate surface area is 99.0 Å². The molecule has 15 heavy (non-hydrogen) atoms. The Morgan fingerprint density at radius 1 is 1.33 bits per heavy atom. The second-order valence-corrected chi connectivity index (χ2v) is 5.06. The van der Waals surface area contributed by atoms with Crippen LogP contribution in [0.3, 0.4) is 0 Å². The van der Waals surface area contributed by atoms with Gasteiger partial charge in [0.15, 0.2) is 0 Å². The van der Waals surface area contributed by atoms with Gasteiger partial charge in [0.2, 0.25) is 0 Å². The highest BCUT2D eigenvalue weighted by Crippen LogP contribution is 2.26. The van der Waals surface area contributed by atoms with Gasteiger partial charge in [-0.05, 0) is 43.5 Å². The first-order chi connectivity index (χ1) is 7.16. The molecule has 1 aromatic carbocycles. The third kappa shape index (κ3) is 2.52. The van der Waals surface area contributed by atoms with Crippen molar-refractivity contribution in [3.8, 4) is 0 Å². The smallest absolute Gasteiger partial charge is 0.0574 e. The molecule has 1 saturated heterocycles. The zero-order chi connectivity index (χ0) is 10.8. The molecule has 0 saturated carbocycles. The Kier molecular flexibility index (Phi) is 3.32. The van der Waals surface area contributed by atoms with Gasteiger partial charge in [0.1, 0.15) is 0 Å². The molecule has 1 heterocycles. The molecule has 0 atom stereocenters. The second kappa shape index (κ2) is 4.54. The molecule has 2 nitrogen and oxygen atoms in total. The number of piperidine rings is 1. The minimum absolute atomic E-state index is 0.1000. The van der Waals surface area contributed by atoms with Crippen LogP contribution in [-0.2, 0) is 0 Å². The number of rotatable bonds is 1. The highest BCUT2D eigenvalue weighted by molar-refractivity contribution is 9.10. The number of anilines is 1. The van der Waals surface area contributed by atoms with Crippen LogP contribution in [0, 0.1) is 6.92 Å². The van der Waals surface area contributed by atoms with E-state index in [-0.39, 0.29) is 6.10 Å². The SMILES string of the molecule is Cc1cc(Br)ccc1N1CCC(O)CC1. The standard InChI is InChI=1S/C12H16BrNO/c1-9-8-10(13)2-3-12(9)14-6-4-11(15)5-7-14/h2-3,8,11,15H,4-7H2,1H3. The lowest BCUT2D eigenvalue weighted by Crippen LogP contribution is -2.36. The predicted octanol–water partition coefficient (Wildman–Crippen LogP) is 2.72. The van der Waals surface area contributed by atoms with E-state index in [0.717, 1.165) is 30.4 Å². The third-order valence-corrected chi connectivity index (χ3v) is 3.46. The third-order valence-electron chi connectivity index (χ3n) is 2.96. The quantitative estimate of drug-likeness (QED) is 0.848. The topological polar surface area (TPSA) is 23.5 Å². The number of benzene rings is 1. The lowest BCUT2D eigenvalue weighted by molar-refractivity contribution is 0.145. The molecule has 0 spiro atoms. The normalized spacial score (nSPS) is 18.2. The van der Waals surface area contributed by atoms with E-state index in [4.69, 9.17) is 0 Å². The summed E-state index contributed by atoms with van der Waals surface area (Å²) >= 11 is 3.47. The van der Waals surface area contributed by atoms with E-state index in [1.165, 1.54) is 11.3 Å². The minimum Gasteiger partial charge on any atom is -0.393 e. The van der Waals surface area contributed by atoms with E-state index >= 15 is 0 Å². The number of aliphatic hydroxyl groups is 1. The average molecular weight is 270 g/mol. The number of nitrogens with zero attached hydrogens (tertiary/aromatic N) is 1. The van der Waals surface area contributed by atoms with Gasteiger partial charge in [-0.25, -0.2) is 0 Å². The molecule has 1 fully saturated rings. The second-order valence-electron chi connectivity index (χ2n) is 4.15. The maximum Gasteiger partial charge on any atom is 0.0574 e. The zero-order valence-electron chi connectivity index (χ0n) is 8.91. The molecule has 0 bridgehead atoms. The highest BCUT2D eigenvalue weighted by atomic mass is 79.9. The van der Waals surface area contributed by atoms with E-state index in [1.54, 1.807) is 0 Å². The fraction of sp³-hybridized carbons (Fsp3) is 0.500. The van der Waals surface area contributed by atoms with Crippen LogP contribution in [0.4, 0.5) is 5.69 Å². The van der Waals surface area contributed by atoms with Gasteiger partial charge >= 0.3 is 0 Å². The van der Waals surface area contributed by atoms with Crippen molar-refractivity contribution in [2.45, 2.75) is 25.9 Å². The van der Waals surface area contributed by atoms with E-state index in [0.29, 0.717) is 0 Å². The lowest BCUT2D eigenvalue weighted by atomic mass is 10.1. The van der Waals surface area contributed by atoms with Crippen LogP contribution in [0.5, 0.6) is 0 Å².